The Morgan fingerprint density at radius 1 is 1.00 bits per heavy atom. The Labute approximate surface area is 218 Å². The van der Waals surface area contributed by atoms with E-state index < -0.39 is 21.6 Å². The number of carbonyl (C=O) groups is 2. The molecule has 1 N–H and O–H groups in total. The SMILES string of the molecule is C[C@H](C(=O)NC(C)(C)C)N(Cc1c(Cl)cccc1Cl)C(=O)CCCN(C)S(=O)(=O)c1ccccc1. The Balaban J connectivity index is 2.16. The second-order valence-corrected chi connectivity index (χ2v) is 12.2. The first-order valence-electron chi connectivity index (χ1n) is 11.3. The summed E-state index contributed by atoms with van der Waals surface area (Å²) < 4.78 is 26.7. The molecule has 0 spiro atoms. The van der Waals surface area contributed by atoms with Crippen LogP contribution in [0.15, 0.2) is 53.4 Å². The molecule has 0 bridgehead atoms. The van der Waals surface area contributed by atoms with E-state index in [9.17, 15) is 18.0 Å². The number of carbonyl (C=O) groups excluding carboxylic acids is 2. The van der Waals surface area contributed by atoms with Crippen LogP contribution in [0.5, 0.6) is 0 Å². The molecule has 1 atom stereocenters. The number of hydrogen-bond acceptors (Lipinski definition) is 4. The van der Waals surface area contributed by atoms with Crippen LogP contribution in [-0.4, -0.2) is 54.6 Å². The quantitative estimate of drug-likeness (QED) is 0.471. The zero-order valence-corrected chi connectivity index (χ0v) is 23.0. The van der Waals surface area contributed by atoms with Gasteiger partial charge in [0, 0.05) is 47.7 Å². The molecule has 0 aliphatic carbocycles. The fourth-order valence-electron chi connectivity index (χ4n) is 3.40. The van der Waals surface area contributed by atoms with Crippen LogP contribution in [0, 0.1) is 0 Å². The van der Waals surface area contributed by atoms with E-state index in [1.807, 2.05) is 20.8 Å². The number of amides is 2. The Morgan fingerprint density at radius 2 is 1.57 bits per heavy atom. The van der Waals surface area contributed by atoms with Crippen LogP contribution in [0.2, 0.25) is 10.0 Å². The van der Waals surface area contributed by atoms with Gasteiger partial charge in [0.15, 0.2) is 0 Å². The van der Waals surface area contributed by atoms with Crippen LogP contribution in [0.4, 0.5) is 0 Å². The highest BCUT2D eigenvalue weighted by Gasteiger charge is 2.29. The molecule has 2 aromatic carbocycles. The second-order valence-electron chi connectivity index (χ2n) is 9.38. The minimum absolute atomic E-state index is 0.0455. The average Bonchev–Trinajstić information content (AvgIpc) is 2.77. The third-order valence-corrected chi connectivity index (χ3v) is 7.95. The topological polar surface area (TPSA) is 86.8 Å². The molecule has 0 unspecified atom stereocenters. The van der Waals surface area contributed by atoms with Gasteiger partial charge < -0.3 is 10.2 Å². The summed E-state index contributed by atoms with van der Waals surface area (Å²) in [6, 6.07) is 12.4. The zero-order chi connectivity index (χ0) is 26.4. The van der Waals surface area contributed by atoms with Crippen molar-refractivity contribution in [3.05, 3.63) is 64.1 Å². The molecule has 0 saturated heterocycles. The minimum atomic E-state index is -3.66. The summed E-state index contributed by atoms with van der Waals surface area (Å²) in [5, 5.41) is 3.69. The standard InChI is InChI=1S/C25H33Cl2N3O4S/c1-18(24(32)28-25(2,3)4)30(17-20-21(26)13-9-14-22(20)27)23(31)15-10-16-29(5)35(33,34)19-11-7-6-8-12-19/h6-9,11-14,18H,10,15-17H2,1-5H3,(H,28,32)/t18-/m1/s1. The molecule has 0 saturated carbocycles. The number of nitrogens with zero attached hydrogens (tertiary/aromatic N) is 2. The predicted molar refractivity (Wildman–Crippen MR) is 140 cm³/mol. The maximum Gasteiger partial charge on any atom is 0.242 e. The van der Waals surface area contributed by atoms with Crippen LogP contribution in [0.1, 0.15) is 46.1 Å². The molecule has 2 aromatic rings. The molecule has 7 nitrogen and oxygen atoms in total. The normalized spacial score (nSPS) is 12.9. The van der Waals surface area contributed by atoms with Crippen molar-refractivity contribution in [2.24, 2.45) is 0 Å². The summed E-state index contributed by atoms with van der Waals surface area (Å²) in [5.74, 6) is -0.610. The van der Waals surface area contributed by atoms with Gasteiger partial charge in [0.1, 0.15) is 6.04 Å². The number of rotatable bonds is 10. The van der Waals surface area contributed by atoms with E-state index in [2.05, 4.69) is 5.32 Å². The maximum absolute atomic E-state index is 13.3. The molecule has 0 fully saturated rings. The van der Waals surface area contributed by atoms with E-state index in [1.165, 1.54) is 28.4 Å². The average molecular weight is 543 g/mol. The monoisotopic (exact) mass is 541 g/mol. The molecule has 2 rings (SSSR count). The van der Waals surface area contributed by atoms with Crippen LogP contribution < -0.4 is 5.32 Å². The van der Waals surface area contributed by atoms with Crippen molar-refractivity contribution in [2.45, 2.75) is 63.6 Å². The smallest absolute Gasteiger partial charge is 0.242 e. The molecule has 35 heavy (non-hydrogen) atoms. The number of benzene rings is 2. The first kappa shape index (κ1) is 29.1. The molecule has 0 radical (unpaired) electrons. The fourth-order valence-corrected chi connectivity index (χ4v) is 5.15. The van der Waals surface area contributed by atoms with E-state index in [4.69, 9.17) is 23.2 Å². The van der Waals surface area contributed by atoms with E-state index in [0.717, 1.165) is 0 Å². The van der Waals surface area contributed by atoms with E-state index in [-0.39, 0.29) is 42.6 Å². The molecule has 2 amide bonds. The van der Waals surface area contributed by atoms with Gasteiger partial charge in [-0.05, 0) is 58.4 Å². The Bertz CT molecular complexity index is 1110. The lowest BCUT2D eigenvalue weighted by Gasteiger charge is -2.32. The van der Waals surface area contributed by atoms with Gasteiger partial charge in [-0.25, -0.2) is 12.7 Å². The predicted octanol–water partition coefficient (Wildman–Crippen LogP) is 4.73. The number of hydrogen-bond donors (Lipinski definition) is 1. The summed E-state index contributed by atoms with van der Waals surface area (Å²) in [5.41, 5.74) is 0.0692. The molecular formula is C25H33Cl2N3O4S. The highest BCUT2D eigenvalue weighted by Crippen LogP contribution is 2.27. The van der Waals surface area contributed by atoms with Crippen molar-refractivity contribution in [1.29, 1.82) is 0 Å². The Morgan fingerprint density at radius 3 is 2.11 bits per heavy atom. The molecule has 10 heteroatoms. The van der Waals surface area contributed by atoms with E-state index in [0.29, 0.717) is 15.6 Å². The Kier molecular flexibility index (Phi) is 10.2. The van der Waals surface area contributed by atoms with Crippen molar-refractivity contribution >= 4 is 45.0 Å². The summed E-state index contributed by atoms with van der Waals surface area (Å²) >= 11 is 12.7. The molecule has 0 aliphatic rings. The third kappa shape index (κ3) is 8.20. The van der Waals surface area contributed by atoms with E-state index >= 15 is 0 Å². The van der Waals surface area contributed by atoms with Gasteiger partial charge in [-0.3, -0.25) is 9.59 Å². The summed E-state index contributed by atoms with van der Waals surface area (Å²) in [6.07, 6.45) is 0.325. The minimum Gasteiger partial charge on any atom is -0.350 e. The first-order valence-corrected chi connectivity index (χ1v) is 13.5. The van der Waals surface area contributed by atoms with E-state index in [1.54, 1.807) is 43.3 Å². The van der Waals surface area contributed by atoms with Crippen molar-refractivity contribution in [1.82, 2.24) is 14.5 Å². The van der Waals surface area contributed by atoms with Gasteiger partial charge in [0.2, 0.25) is 21.8 Å². The zero-order valence-electron chi connectivity index (χ0n) is 20.7. The lowest BCUT2D eigenvalue weighted by atomic mass is 10.1. The third-order valence-electron chi connectivity index (χ3n) is 5.37. The summed E-state index contributed by atoms with van der Waals surface area (Å²) in [4.78, 5) is 27.8. The summed E-state index contributed by atoms with van der Waals surface area (Å²) in [6.45, 7) is 7.42. The number of halogens is 2. The van der Waals surface area contributed by atoms with Gasteiger partial charge in [-0.1, -0.05) is 47.5 Å². The summed E-state index contributed by atoms with van der Waals surface area (Å²) in [7, 11) is -2.18. The van der Waals surface area contributed by atoms with Gasteiger partial charge in [0.25, 0.3) is 0 Å². The molecule has 0 aliphatic heterocycles. The second kappa shape index (κ2) is 12.2. The van der Waals surface area contributed by atoms with Crippen LogP contribution in [-0.2, 0) is 26.2 Å². The number of nitrogens with one attached hydrogen (secondary N) is 1. The Hall–Kier alpha value is -2.13. The van der Waals surface area contributed by atoms with Crippen LogP contribution in [0.3, 0.4) is 0 Å². The largest absolute Gasteiger partial charge is 0.350 e. The molecule has 0 heterocycles. The van der Waals surface area contributed by atoms with Crippen molar-refractivity contribution in [3.8, 4) is 0 Å². The lowest BCUT2D eigenvalue weighted by Crippen LogP contribution is -2.52. The highest BCUT2D eigenvalue weighted by molar-refractivity contribution is 7.89. The van der Waals surface area contributed by atoms with Gasteiger partial charge >= 0.3 is 0 Å². The highest BCUT2D eigenvalue weighted by atomic mass is 35.5. The molecule has 0 aromatic heterocycles. The maximum atomic E-state index is 13.3. The molecular weight excluding hydrogens is 509 g/mol. The van der Waals surface area contributed by atoms with Gasteiger partial charge in [-0.2, -0.15) is 0 Å². The van der Waals surface area contributed by atoms with Crippen molar-refractivity contribution in [3.63, 3.8) is 0 Å². The van der Waals surface area contributed by atoms with Crippen LogP contribution in [0.25, 0.3) is 0 Å². The first-order chi connectivity index (χ1) is 16.2. The van der Waals surface area contributed by atoms with Gasteiger partial charge in [0.05, 0.1) is 4.90 Å². The van der Waals surface area contributed by atoms with Crippen molar-refractivity contribution < 1.29 is 18.0 Å². The van der Waals surface area contributed by atoms with Crippen LogP contribution >= 0.6 is 23.2 Å². The molecule has 192 valence electrons. The van der Waals surface area contributed by atoms with Gasteiger partial charge in [-0.15, -0.1) is 0 Å². The lowest BCUT2D eigenvalue weighted by molar-refractivity contribution is -0.141. The fraction of sp³-hybridized carbons (Fsp3) is 0.440. The number of sulfonamides is 1. The van der Waals surface area contributed by atoms with Crippen molar-refractivity contribution in [2.75, 3.05) is 13.6 Å².